The normalized spacial score (nSPS) is 12.5. The van der Waals surface area contributed by atoms with Crippen LogP contribution in [0.2, 0.25) is 0 Å². The van der Waals surface area contributed by atoms with Gasteiger partial charge in [-0.2, -0.15) is 0 Å². The Bertz CT molecular complexity index is 99.8. The van der Waals surface area contributed by atoms with Crippen LogP contribution in [0.15, 0.2) is 0 Å². The number of rotatable bonds is 5. The molecule has 0 radical (unpaired) electrons. The zero-order chi connectivity index (χ0) is 7.82. The maximum Gasteiger partial charge on any atom is 0.0307 e. The summed E-state index contributed by atoms with van der Waals surface area (Å²) in [7, 11) is 0. The fourth-order valence-corrected chi connectivity index (χ4v) is 0.984. The SMILES string of the molecule is C#CCCCCCC(C)Cl. The van der Waals surface area contributed by atoms with Crippen LogP contribution < -0.4 is 0 Å². The standard InChI is InChI=1S/C9H15Cl/c1-3-4-5-6-7-8-9(2)10/h1,9H,4-8H2,2H3. The molecule has 1 atom stereocenters. The van der Waals surface area contributed by atoms with E-state index in [-0.39, 0.29) is 0 Å². The van der Waals surface area contributed by atoms with E-state index in [4.69, 9.17) is 18.0 Å². The lowest BCUT2D eigenvalue weighted by atomic mass is 10.1. The van der Waals surface area contributed by atoms with Crippen LogP contribution in [0, 0.1) is 12.3 Å². The molecule has 0 aromatic carbocycles. The quantitative estimate of drug-likeness (QED) is 0.328. The first-order valence-electron chi connectivity index (χ1n) is 3.85. The Morgan fingerprint density at radius 1 is 1.40 bits per heavy atom. The van der Waals surface area contributed by atoms with Crippen molar-refractivity contribution in [3.05, 3.63) is 0 Å². The van der Waals surface area contributed by atoms with Crippen molar-refractivity contribution in [2.24, 2.45) is 0 Å². The molecule has 0 fully saturated rings. The van der Waals surface area contributed by atoms with Gasteiger partial charge in [0.2, 0.25) is 0 Å². The molecule has 0 aromatic heterocycles. The molecule has 0 saturated carbocycles. The predicted octanol–water partition coefficient (Wildman–Crippen LogP) is 3.20. The highest BCUT2D eigenvalue weighted by Gasteiger charge is 1.94. The fourth-order valence-electron chi connectivity index (χ4n) is 0.829. The van der Waals surface area contributed by atoms with Crippen molar-refractivity contribution in [1.29, 1.82) is 0 Å². The van der Waals surface area contributed by atoms with E-state index >= 15 is 0 Å². The molecule has 0 rings (SSSR count). The van der Waals surface area contributed by atoms with Gasteiger partial charge < -0.3 is 0 Å². The largest absolute Gasteiger partial charge is 0.123 e. The van der Waals surface area contributed by atoms with Crippen molar-refractivity contribution in [1.82, 2.24) is 0 Å². The second-order valence-electron chi connectivity index (χ2n) is 2.58. The van der Waals surface area contributed by atoms with Gasteiger partial charge in [-0.15, -0.1) is 23.9 Å². The highest BCUT2D eigenvalue weighted by Crippen LogP contribution is 2.08. The Morgan fingerprint density at radius 2 is 2.10 bits per heavy atom. The van der Waals surface area contributed by atoms with E-state index in [0.29, 0.717) is 5.38 Å². The van der Waals surface area contributed by atoms with Crippen molar-refractivity contribution in [3.63, 3.8) is 0 Å². The summed E-state index contributed by atoms with van der Waals surface area (Å²) in [6, 6.07) is 0. The highest BCUT2D eigenvalue weighted by atomic mass is 35.5. The first kappa shape index (κ1) is 9.85. The Hall–Kier alpha value is -0.150. The number of alkyl halides is 1. The molecule has 1 unspecified atom stereocenters. The van der Waals surface area contributed by atoms with Gasteiger partial charge in [0.05, 0.1) is 0 Å². The van der Waals surface area contributed by atoms with E-state index in [1.165, 1.54) is 12.8 Å². The zero-order valence-corrected chi connectivity index (χ0v) is 7.32. The van der Waals surface area contributed by atoms with E-state index in [1.807, 2.05) is 6.92 Å². The summed E-state index contributed by atoms with van der Waals surface area (Å²) in [6.07, 6.45) is 10.7. The molecule has 0 aliphatic heterocycles. The summed E-state index contributed by atoms with van der Waals surface area (Å²) in [5, 5.41) is 0.325. The summed E-state index contributed by atoms with van der Waals surface area (Å²) in [5.41, 5.74) is 0. The van der Waals surface area contributed by atoms with Crippen LogP contribution in [0.3, 0.4) is 0 Å². The molecule has 0 bridgehead atoms. The molecule has 1 heteroatoms. The molecule has 0 saturated heterocycles. The second kappa shape index (κ2) is 6.96. The van der Waals surface area contributed by atoms with Gasteiger partial charge in [0.25, 0.3) is 0 Å². The monoisotopic (exact) mass is 158 g/mol. The van der Waals surface area contributed by atoms with E-state index in [1.54, 1.807) is 0 Å². The minimum atomic E-state index is 0.325. The lowest BCUT2D eigenvalue weighted by Crippen LogP contribution is -1.89. The average Bonchev–Trinajstić information content (AvgIpc) is 1.87. The Kier molecular flexibility index (Phi) is 6.86. The summed E-state index contributed by atoms with van der Waals surface area (Å²) in [5.74, 6) is 2.62. The first-order chi connectivity index (χ1) is 4.77. The third-order valence-electron chi connectivity index (χ3n) is 1.42. The van der Waals surface area contributed by atoms with Crippen molar-refractivity contribution in [2.45, 2.75) is 44.4 Å². The summed E-state index contributed by atoms with van der Waals surface area (Å²) in [4.78, 5) is 0. The van der Waals surface area contributed by atoms with Gasteiger partial charge >= 0.3 is 0 Å². The molecule has 10 heavy (non-hydrogen) atoms. The van der Waals surface area contributed by atoms with Crippen LogP contribution in [-0.2, 0) is 0 Å². The molecule has 0 aromatic rings. The van der Waals surface area contributed by atoms with Crippen LogP contribution in [0.25, 0.3) is 0 Å². The van der Waals surface area contributed by atoms with E-state index in [9.17, 15) is 0 Å². The van der Waals surface area contributed by atoms with Crippen molar-refractivity contribution in [2.75, 3.05) is 0 Å². The molecule has 0 spiro atoms. The average molecular weight is 159 g/mol. The third kappa shape index (κ3) is 7.85. The first-order valence-corrected chi connectivity index (χ1v) is 4.28. The minimum Gasteiger partial charge on any atom is -0.123 e. The van der Waals surface area contributed by atoms with E-state index in [0.717, 1.165) is 19.3 Å². The number of terminal acetylenes is 1. The molecular formula is C9H15Cl. The van der Waals surface area contributed by atoms with Crippen LogP contribution in [0.5, 0.6) is 0 Å². The molecule has 58 valence electrons. The Labute approximate surface area is 69.0 Å². The molecular weight excluding hydrogens is 144 g/mol. The third-order valence-corrected chi connectivity index (χ3v) is 1.64. The van der Waals surface area contributed by atoms with Crippen LogP contribution in [-0.4, -0.2) is 5.38 Å². The number of unbranched alkanes of at least 4 members (excludes halogenated alkanes) is 3. The van der Waals surface area contributed by atoms with Crippen molar-refractivity contribution >= 4 is 11.6 Å². The highest BCUT2D eigenvalue weighted by molar-refractivity contribution is 6.20. The zero-order valence-electron chi connectivity index (χ0n) is 6.57. The fraction of sp³-hybridized carbons (Fsp3) is 0.778. The summed E-state index contributed by atoms with van der Waals surface area (Å²) < 4.78 is 0. The van der Waals surface area contributed by atoms with Crippen molar-refractivity contribution < 1.29 is 0 Å². The lowest BCUT2D eigenvalue weighted by Gasteiger charge is -1.99. The Balaban J connectivity index is 2.86. The topological polar surface area (TPSA) is 0 Å². The second-order valence-corrected chi connectivity index (χ2v) is 3.33. The van der Waals surface area contributed by atoms with E-state index in [2.05, 4.69) is 5.92 Å². The molecule has 0 amide bonds. The molecule has 0 heterocycles. The van der Waals surface area contributed by atoms with Crippen LogP contribution >= 0.6 is 11.6 Å². The van der Waals surface area contributed by atoms with Gasteiger partial charge in [-0.1, -0.05) is 12.8 Å². The molecule has 0 aliphatic rings. The molecule has 0 N–H and O–H groups in total. The van der Waals surface area contributed by atoms with Gasteiger partial charge in [-0.05, 0) is 19.8 Å². The molecule has 0 nitrogen and oxygen atoms in total. The predicted molar refractivity (Wildman–Crippen MR) is 47.2 cm³/mol. The van der Waals surface area contributed by atoms with Crippen molar-refractivity contribution in [3.8, 4) is 12.3 Å². The van der Waals surface area contributed by atoms with E-state index < -0.39 is 0 Å². The van der Waals surface area contributed by atoms with Gasteiger partial charge in [-0.25, -0.2) is 0 Å². The number of halogens is 1. The summed E-state index contributed by atoms with van der Waals surface area (Å²) in [6.45, 7) is 2.03. The number of hydrogen-bond donors (Lipinski definition) is 0. The van der Waals surface area contributed by atoms with Crippen LogP contribution in [0.1, 0.15) is 39.0 Å². The minimum absolute atomic E-state index is 0.325. The summed E-state index contributed by atoms with van der Waals surface area (Å²) >= 11 is 5.75. The van der Waals surface area contributed by atoms with Gasteiger partial charge in [0.15, 0.2) is 0 Å². The smallest absolute Gasteiger partial charge is 0.0307 e. The lowest BCUT2D eigenvalue weighted by molar-refractivity contribution is 0.645. The van der Waals surface area contributed by atoms with Gasteiger partial charge in [0, 0.05) is 11.8 Å². The van der Waals surface area contributed by atoms with Crippen LogP contribution in [0.4, 0.5) is 0 Å². The number of hydrogen-bond acceptors (Lipinski definition) is 0. The maximum absolute atomic E-state index is 5.75. The molecule has 0 aliphatic carbocycles. The Morgan fingerprint density at radius 3 is 2.60 bits per heavy atom. The van der Waals surface area contributed by atoms with Gasteiger partial charge in [-0.3, -0.25) is 0 Å². The van der Waals surface area contributed by atoms with Gasteiger partial charge in [0.1, 0.15) is 0 Å². The maximum atomic E-state index is 5.75.